The average molecular weight is 1040 g/mol. The molecule has 3 fully saturated rings. The molecule has 2 heterocycles. The molecule has 3 aromatic rings. The standard InChI is InChI=1S/C19H25NO.C14H18O.C13H16O2.C6H11N.I2/c21-19(20-14-6-1-2-7-15-20)18-12-10-17(11-13-18)16-8-4-3-5-9-16;1-11(15)12-7-9-14(10-8-12)13-5-3-2-4-6-13;14-13(15)12-8-6-11(7-9-12)10-4-2-1-3-5-10;1-2-4-6-7-5-3-1;1-2/h6,10-14,16H,1-5,7-9,15H2;7-10,13H,2-6H2,1H3;6-10H,1-5H2,(H,14,15);3,5,7H,1-2,4,6H2;. The maximum absolute atomic E-state index is 12.5. The van der Waals surface area contributed by atoms with E-state index in [-0.39, 0.29) is 11.7 Å². The number of nitrogens with one attached hydrogen (secondary N) is 1. The van der Waals surface area contributed by atoms with Crippen molar-refractivity contribution in [3.05, 3.63) is 131 Å². The van der Waals surface area contributed by atoms with Gasteiger partial charge in [0.1, 0.15) is 0 Å². The van der Waals surface area contributed by atoms with Crippen molar-refractivity contribution < 1.29 is 19.5 Å². The van der Waals surface area contributed by atoms with Crippen LogP contribution in [-0.2, 0) is 0 Å². The summed E-state index contributed by atoms with van der Waals surface area (Å²) in [6, 6.07) is 23.9. The number of Topliss-reactive ketones (excluding diaryl/α,β-unsaturated/α-hetero) is 1. The largest absolute Gasteiger partial charge is 0.478 e. The van der Waals surface area contributed by atoms with Crippen molar-refractivity contribution in [2.75, 3.05) is 13.1 Å². The van der Waals surface area contributed by atoms with Gasteiger partial charge in [-0.3, -0.25) is 9.59 Å². The lowest BCUT2D eigenvalue weighted by Crippen LogP contribution is -2.26. The van der Waals surface area contributed by atoms with Crippen molar-refractivity contribution in [2.24, 2.45) is 0 Å². The number of halogens is 2. The summed E-state index contributed by atoms with van der Waals surface area (Å²) in [6.07, 6.45) is 35.5. The fraction of sp³-hybridized carbons (Fsp3) is 0.519. The van der Waals surface area contributed by atoms with E-state index in [0.717, 1.165) is 43.0 Å². The number of nitrogens with zero attached hydrogens (tertiary/aromatic N) is 1. The summed E-state index contributed by atoms with van der Waals surface area (Å²) in [5.74, 6) is 1.56. The topological polar surface area (TPSA) is 86.7 Å². The molecule has 0 saturated heterocycles. The molecular formula is C52H70I2N2O4. The monoisotopic (exact) mass is 1040 g/mol. The summed E-state index contributed by atoms with van der Waals surface area (Å²) < 4.78 is 0. The summed E-state index contributed by atoms with van der Waals surface area (Å²) >= 11 is 4.24. The normalized spacial score (nSPS) is 18.4. The Morgan fingerprint density at radius 2 is 0.950 bits per heavy atom. The van der Waals surface area contributed by atoms with Gasteiger partial charge in [-0.25, -0.2) is 4.79 Å². The molecule has 2 aliphatic heterocycles. The van der Waals surface area contributed by atoms with Gasteiger partial charge in [0.25, 0.3) is 5.91 Å². The van der Waals surface area contributed by atoms with Gasteiger partial charge in [0.05, 0.1) is 5.56 Å². The summed E-state index contributed by atoms with van der Waals surface area (Å²) in [6.45, 7) is 3.63. The number of carbonyl (C=O) groups is 3. The van der Waals surface area contributed by atoms with Crippen LogP contribution in [0.2, 0.25) is 0 Å². The van der Waals surface area contributed by atoms with Gasteiger partial charge in [-0.2, -0.15) is 0 Å². The number of benzene rings is 3. The van der Waals surface area contributed by atoms with Crippen molar-refractivity contribution >= 4 is 54.9 Å². The zero-order valence-corrected chi connectivity index (χ0v) is 40.4. The molecule has 60 heavy (non-hydrogen) atoms. The highest BCUT2D eigenvalue weighted by Gasteiger charge is 2.19. The van der Waals surface area contributed by atoms with Crippen molar-refractivity contribution in [1.82, 2.24) is 10.2 Å². The number of aromatic carboxylic acids is 1. The third kappa shape index (κ3) is 17.8. The second kappa shape index (κ2) is 29.3. The molecule has 0 bridgehead atoms. The Bertz CT molecular complexity index is 1640. The minimum Gasteiger partial charge on any atom is -0.478 e. The molecule has 326 valence electrons. The molecule has 8 rings (SSSR count). The van der Waals surface area contributed by atoms with E-state index in [1.807, 2.05) is 53.7 Å². The van der Waals surface area contributed by atoms with E-state index in [2.05, 4.69) is 79.0 Å². The second-order valence-corrected chi connectivity index (χ2v) is 17.0. The molecule has 2 N–H and O–H groups in total. The number of carbonyl (C=O) groups excluding carboxylic acids is 2. The van der Waals surface area contributed by atoms with Crippen LogP contribution in [0.25, 0.3) is 0 Å². The Labute approximate surface area is 385 Å². The number of hydrogen-bond donors (Lipinski definition) is 2. The van der Waals surface area contributed by atoms with E-state index in [1.54, 1.807) is 19.1 Å². The fourth-order valence-electron chi connectivity index (χ4n) is 8.99. The predicted octanol–water partition coefficient (Wildman–Crippen LogP) is 15.3. The summed E-state index contributed by atoms with van der Waals surface area (Å²) in [7, 11) is 0. The van der Waals surface area contributed by atoms with Crippen LogP contribution in [0.15, 0.2) is 97.3 Å². The average Bonchev–Trinajstić information content (AvgIpc) is 3.81. The highest BCUT2D eigenvalue weighted by molar-refractivity contribution is 15.0. The Kier molecular flexibility index (Phi) is 24.3. The van der Waals surface area contributed by atoms with Gasteiger partial charge < -0.3 is 15.3 Å². The number of ketones is 1. The lowest BCUT2D eigenvalue weighted by atomic mass is 9.84. The maximum atomic E-state index is 12.5. The Morgan fingerprint density at radius 1 is 0.533 bits per heavy atom. The maximum Gasteiger partial charge on any atom is 0.335 e. The van der Waals surface area contributed by atoms with Crippen LogP contribution in [0.5, 0.6) is 0 Å². The van der Waals surface area contributed by atoms with Crippen LogP contribution in [0.4, 0.5) is 0 Å². The van der Waals surface area contributed by atoms with Crippen molar-refractivity contribution in [3.8, 4) is 0 Å². The zero-order valence-electron chi connectivity index (χ0n) is 36.1. The first-order valence-electron chi connectivity index (χ1n) is 22.9. The first-order chi connectivity index (χ1) is 29.4. The third-order valence-electron chi connectivity index (χ3n) is 12.6. The number of hydrogen-bond acceptors (Lipinski definition) is 4. The zero-order chi connectivity index (χ0) is 42.8. The van der Waals surface area contributed by atoms with E-state index >= 15 is 0 Å². The summed E-state index contributed by atoms with van der Waals surface area (Å²) in [5, 5.41) is 12.0. The van der Waals surface area contributed by atoms with Gasteiger partial charge >= 0.3 is 5.97 Å². The summed E-state index contributed by atoms with van der Waals surface area (Å²) in [4.78, 5) is 36.2. The fourth-order valence-corrected chi connectivity index (χ4v) is 8.99. The highest BCUT2D eigenvalue weighted by atomic mass is 128. The first-order valence-corrected chi connectivity index (χ1v) is 29.2. The first kappa shape index (κ1) is 49.7. The molecule has 8 heteroatoms. The van der Waals surface area contributed by atoms with Gasteiger partial charge in [0.2, 0.25) is 0 Å². The van der Waals surface area contributed by atoms with Gasteiger partial charge in [-0.15, -0.1) is 0 Å². The molecule has 5 aliphatic rings. The number of amides is 1. The third-order valence-corrected chi connectivity index (χ3v) is 12.6. The molecule has 6 nitrogen and oxygen atoms in total. The molecular weight excluding hydrogens is 970 g/mol. The smallest absolute Gasteiger partial charge is 0.335 e. The van der Waals surface area contributed by atoms with E-state index in [4.69, 9.17) is 5.11 Å². The van der Waals surface area contributed by atoms with Crippen LogP contribution in [0.1, 0.15) is 207 Å². The molecule has 0 aromatic heterocycles. The highest BCUT2D eigenvalue weighted by Crippen LogP contribution is 2.34. The second-order valence-electron chi connectivity index (χ2n) is 17.0. The van der Waals surface area contributed by atoms with Crippen LogP contribution in [-0.4, -0.2) is 40.8 Å². The number of carboxylic acids is 1. The van der Waals surface area contributed by atoms with Crippen molar-refractivity contribution in [1.29, 1.82) is 0 Å². The molecule has 3 saturated carbocycles. The Morgan fingerprint density at radius 3 is 1.40 bits per heavy atom. The molecule has 0 unspecified atom stereocenters. The predicted molar refractivity (Wildman–Crippen MR) is 267 cm³/mol. The van der Waals surface area contributed by atoms with Crippen LogP contribution < -0.4 is 5.32 Å². The van der Waals surface area contributed by atoms with E-state index in [1.165, 1.54) is 139 Å². The lowest BCUT2D eigenvalue weighted by Gasteiger charge is -2.22. The minimum absolute atomic E-state index is 0.142. The quantitative estimate of drug-likeness (QED) is 0.190. The molecule has 3 aromatic carbocycles. The SMILES string of the molecule is C1=CNCCCC1.CC(=O)c1ccc(C2CCCCC2)cc1.II.O=C(O)c1ccc(C2CCCCC2)cc1.O=C(c1ccc(C2CCCCC2)cc1)N1C=CCCCC1. The molecule has 1 amide bonds. The van der Waals surface area contributed by atoms with Crippen molar-refractivity contribution in [2.45, 2.75) is 160 Å². The van der Waals surface area contributed by atoms with Gasteiger partial charge in [-0.05, 0) is 149 Å². The Hall–Kier alpha value is -2.99. The molecule has 0 spiro atoms. The number of carboxylic acid groups (broad SMARTS) is 1. The van der Waals surface area contributed by atoms with E-state index < -0.39 is 5.97 Å². The van der Waals surface area contributed by atoms with Crippen LogP contribution >= 0.6 is 37.2 Å². The molecule has 3 aliphatic carbocycles. The number of rotatable bonds is 6. The molecule has 0 radical (unpaired) electrons. The summed E-state index contributed by atoms with van der Waals surface area (Å²) in [5.41, 5.74) is 6.17. The van der Waals surface area contributed by atoms with E-state index in [9.17, 15) is 14.4 Å². The van der Waals surface area contributed by atoms with Crippen molar-refractivity contribution in [3.63, 3.8) is 0 Å². The minimum atomic E-state index is -0.842. The van der Waals surface area contributed by atoms with Gasteiger partial charge in [0.15, 0.2) is 5.78 Å². The van der Waals surface area contributed by atoms with E-state index in [0.29, 0.717) is 17.4 Å². The van der Waals surface area contributed by atoms with Crippen LogP contribution in [0.3, 0.4) is 0 Å². The Balaban J connectivity index is 0.000000183. The number of allylic oxidation sites excluding steroid dienone is 2. The lowest BCUT2D eigenvalue weighted by molar-refractivity contribution is 0.0696. The van der Waals surface area contributed by atoms with Gasteiger partial charge in [-0.1, -0.05) is 118 Å². The molecule has 0 atom stereocenters. The van der Waals surface area contributed by atoms with Crippen LogP contribution in [0, 0.1) is 0 Å². The van der Waals surface area contributed by atoms with Gasteiger partial charge in [0, 0.05) is 67.6 Å².